The first-order chi connectivity index (χ1) is 6.81. The van der Waals surface area contributed by atoms with Gasteiger partial charge in [-0.2, -0.15) is 0 Å². The highest BCUT2D eigenvalue weighted by Crippen LogP contribution is 2.33. The first-order valence-electron chi connectivity index (χ1n) is 4.68. The highest BCUT2D eigenvalue weighted by Gasteiger charge is 2.12. The van der Waals surface area contributed by atoms with Gasteiger partial charge in [-0.3, -0.25) is 0 Å². The molecular formula is C11H14N2S. The van der Waals surface area contributed by atoms with Crippen molar-refractivity contribution < 1.29 is 0 Å². The number of rotatable bonds is 2. The van der Waals surface area contributed by atoms with Crippen molar-refractivity contribution in [3.05, 3.63) is 41.1 Å². The summed E-state index contributed by atoms with van der Waals surface area (Å²) < 4.78 is 0. The minimum atomic E-state index is 0.615. The van der Waals surface area contributed by atoms with Crippen molar-refractivity contribution in [1.29, 1.82) is 0 Å². The van der Waals surface area contributed by atoms with Gasteiger partial charge in [0, 0.05) is 17.1 Å². The summed E-state index contributed by atoms with van der Waals surface area (Å²) >= 11 is 1.85. The summed E-state index contributed by atoms with van der Waals surface area (Å²) in [6, 6.07) is 8.46. The molecule has 2 nitrogen and oxygen atoms in total. The molecule has 0 fully saturated rings. The smallest absolute Gasteiger partial charge is 0.0655 e. The second kappa shape index (κ2) is 4.07. The quantitative estimate of drug-likeness (QED) is 0.778. The number of allylic oxidation sites excluding steroid dienone is 1. The average molecular weight is 206 g/mol. The highest BCUT2D eigenvalue weighted by molar-refractivity contribution is 8.08. The lowest BCUT2D eigenvalue weighted by molar-refractivity contribution is 0.986. The summed E-state index contributed by atoms with van der Waals surface area (Å²) in [5.74, 6) is 0.986. The standard InChI is InChI=1S/C11H14N2S/c1-8-11(14-7-13-8)10-4-2-9(6-12)3-5-10/h2-5,13H,6-7,12H2,1H3. The molecule has 0 aromatic heterocycles. The van der Waals surface area contributed by atoms with Gasteiger partial charge < -0.3 is 11.1 Å². The van der Waals surface area contributed by atoms with Crippen LogP contribution in [0.5, 0.6) is 0 Å². The Morgan fingerprint density at radius 2 is 2.07 bits per heavy atom. The molecular weight excluding hydrogens is 192 g/mol. The summed E-state index contributed by atoms with van der Waals surface area (Å²) in [6.07, 6.45) is 0. The molecule has 0 unspecified atom stereocenters. The van der Waals surface area contributed by atoms with E-state index in [1.54, 1.807) is 0 Å². The second-order valence-corrected chi connectivity index (χ2v) is 4.31. The average Bonchev–Trinajstić information content (AvgIpc) is 2.65. The van der Waals surface area contributed by atoms with Gasteiger partial charge in [-0.1, -0.05) is 24.3 Å². The third-order valence-corrected chi connectivity index (χ3v) is 3.47. The molecule has 0 bridgehead atoms. The number of hydrogen-bond donors (Lipinski definition) is 2. The van der Waals surface area contributed by atoms with E-state index in [1.807, 2.05) is 11.8 Å². The van der Waals surface area contributed by atoms with Crippen LogP contribution in [-0.4, -0.2) is 5.88 Å². The van der Waals surface area contributed by atoms with Gasteiger partial charge in [-0.15, -0.1) is 11.8 Å². The van der Waals surface area contributed by atoms with Gasteiger partial charge in [-0.05, 0) is 18.1 Å². The van der Waals surface area contributed by atoms with Crippen molar-refractivity contribution in [2.45, 2.75) is 13.5 Å². The molecule has 1 heterocycles. The third-order valence-electron chi connectivity index (χ3n) is 2.35. The van der Waals surface area contributed by atoms with E-state index < -0.39 is 0 Å². The van der Waals surface area contributed by atoms with Crippen LogP contribution < -0.4 is 11.1 Å². The Hall–Kier alpha value is -0.930. The lowest BCUT2D eigenvalue weighted by atomic mass is 10.1. The molecule has 0 saturated carbocycles. The van der Waals surface area contributed by atoms with Crippen LogP contribution >= 0.6 is 11.8 Å². The molecule has 0 saturated heterocycles. The molecule has 1 aliphatic heterocycles. The van der Waals surface area contributed by atoms with Crippen LogP contribution in [0.4, 0.5) is 0 Å². The Labute approximate surface area is 88.6 Å². The summed E-state index contributed by atoms with van der Waals surface area (Å²) in [5, 5.41) is 3.31. The maximum absolute atomic E-state index is 5.55. The normalized spacial score (nSPS) is 15.9. The molecule has 14 heavy (non-hydrogen) atoms. The van der Waals surface area contributed by atoms with E-state index in [0.29, 0.717) is 6.54 Å². The fourth-order valence-corrected chi connectivity index (χ4v) is 2.52. The minimum absolute atomic E-state index is 0.615. The van der Waals surface area contributed by atoms with E-state index in [1.165, 1.54) is 21.7 Å². The van der Waals surface area contributed by atoms with Gasteiger partial charge in [0.1, 0.15) is 0 Å². The molecule has 0 radical (unpaired) electrons. The maximum atomic E-state index is 5.55. The minimum Gasteiger partial charge on any atom is -0.378 e. The van der Waals surface area contributed by atoms with Gasteiger partial charge in [0.15, 0.2) is 0 Å². The Balaban J connectivity index is 2.29. The molecule has 2 rings (SSSR count). The number of hydrogen-bond acceptors (Lipinski definition) is 3. The van der Waals surface area contributed by atoms with E-state index in [2.05, 4.69) is 36.5 Å². The summed E-state index contributed by atoms with van der Waals surface area (Å²) in [4.78, 5) is 1.36. The molecule has 1 aromatic rings. The first-order valence-corrected chi connectivity index (χ1v) is 5.67. The topological polar surface area (TPSA) is 38.0 Å². The van der Waals surface area contributed by atoms with Crippen molar-refractivity contribution in [2.75, 3.05) is 5.88 Å². The maximum Gasteiger partial charge on any atom is 0.0655 e. The lowest BCUT2D eigenvalue weighted by Gasteiger charge is -2.03. The van der Waals surface area contributed by atoms with Crippen LogP contribution in [0.3, 0.4) is 0 Å². The Bertz CT molecular complexity index is 354. The van der Waals surface area contributed by atoms with Crippen molar-refractivity contribution in [3.8, 4) is 0 Å². The summed E-state index contributed by atoms with van der Waals surface area (Å²) in [7, 11) is 0. The summed E-state index contributed by atoms with van der Waals surface area (Å²) in [6.45, 7) is 2.73. The van der Waals surface area contributed by atoms with Crippen LogP contribution in [0, 0.1) is 0 Å². The summed E-state index contributed by atoms with van der Waals surface area (Å²) in [5.41, 5.74) is 9.29. The van der Waals surface area contributed by atoms with Crippen LogP contribution in [0.15, 0.2) is 30.0 Å². The third kappa shape index (κ3) is 1.79. The first kappa shape index (κ1) is 9.62. The molecule has 1 aromatic carbocycles. The second-order valence-electron chi connectivity index (χ2n) is 3.32. The van der Waals surface area contributed by atoms with Crippen LogP contribution in [0.2, 0.25) is 0 Å². The number of nitrogens with one attached hydrogen (secondary N) is 1. The van der Waals surface area contributed by atoms with Gasteiger partial charge in [0.25, 0.3) is 0 Å². The zero-order chi connectivity index (χ0) is 9.97. The fraction of sp³-hybridized carbons (Fsp3) is 0.273. The molecule has 0 amide bonds. The number of benzene rings is 1. The lowest BCUT2D eigenvalue weighted by Crippen LogP contribution is -2.02. The SMILES string of the molecule is CC1=C(c2ccc(CN)cc2)SCN1. The molecule has 1 aliphatic rings. The molecule has 0 spiro atoms. The molecule has 0 atom stereocenters. The van der Waals surface area contributed by atoms with E-state index >= 15 is 0 Å². The van der Waals surface area contributed by atoms with Crippen LogP contribution in [-0.2, 0) is 6.54 Å². The monoisotopic (exact) mass is 206 g/mol. The molecule has 0 aliphatic carbocycles. The van der Waals surface area contributed by atoms with Crippen molar-refractivity contribution >= 4 is 16.7 Å². The predicted molar refractivity (Wildman–Crippen MR) is 62.5 cm³/mol. The fourth-order valence-electron chi connectivity index (χ4n) is 1.50. The van der Waals surface area contributed by atoms with Gasteiger partial charge in [0.05, 0.1) is 5.88 Å². The van der Waals surface area contributed by atoms with Gasteiger partial charge in [0.2, 0.25) is 0 Å². The Morgan fingerprint density at radius 3 is 2.57 bits per heavy atom. The molecule has 74 valence electrons. The van der Waals surface area contributed by atoms with Gasteiger partial charge >= 0.3 is 0 Å². The van der Waals surface area contributed by atoms with E-state index in [9.17, 15) is 0 Å². The zero-order valence-electron chi connectivity index (χ0n) is 8.21. The zero-order valence-corrected chi connectivity index (χ0v) is 9.03. The van der Waals surface area contributed by atoms with Crippen LogP contribution in [0.25, 0.3) is 4.91 Å². The van der Waals surface area contributed by atoms with Crippen LogP contribution in [0.1, 0.15) is 18.1 Å². The highest BCUT2D eigenvalue weighted by atomic mass is 32.2. The Kier molecular flexibility index (Phi) is 2.79. The Morgan fingerprint density at radius 1 is 1.36 bits per heavy atom. The predicted octanol–water partition coefficient (Wildman–Crippen LogP) is 2.13. The number of thioether (sulfide) groups is 1. The molecule has 3 heteroatoms. The van der Waals surface area contributed by atoms with E-state index in [0.717, 1.165) is 5.88 Å². The van der Waals surface area contributed by atoms with Crippen molar-refractivity contribution in [3.63, 3.8) is 0 Å². The molecule has 3 N–H and O–H groups in total. The van der Waals surface area contributed by atoms with Gasteiger partial charge in [-0.25, -0.2) is 0 Å². The number of nitrogens with two attached hydrogens (primary N) is 1. The van der Waals surface area contributed by atoms with Crippen molar-refractivity contribution in [2.24, 2.45) is 5.73 Å². The van der Waals surface area contributed by atoms with Crippen molar-refractivity contribution in [1.82, 2.24) is 5.32 Å². The largest absolute Gasteiger partial charge is 0.378 e. The van der Waals surface area contributed by atoms with E-state index in [4.69, 9.17) is 5.73 Å². The van der Waals surface area contributed by atoms with E-state index in [-0.39, 0.29) is 0 Å².